The molecule has 1 saturated heterocycles. The van der Waals surface area contributed by atoms with E-state index < -0.39 is 0 Å². The first-order chi connectivity index (χ1) is 11.2. The molecule has 0 radical (unpaired) electrons. The van der Waals surface area contributed by atoms with Crippen LogP contribution in [0.15, 0.2) is 18.2 Å². The first-order valence-electron chi connectivity index (χ1n) is 7.96. The van der Waals surface area contributed by atoms with Crippen LogP contribution in [-0.4, -0.2) is 61.6 Å². The number of hydrogen-bond acceptors (Lipinski definition) is 4. The fourth-order valence-electron chi connectivity index (χ4n) is 2.78. The lowest BCUT2D eigenvalue weighted by molar-refractivity contribution is -0.127. The fraction of sp³-hybridized carbons (Fsp3) is 0.471. The molecule has 0 aliphatic carbocycles. The lowest BCUT2D eigenvalue weighted by Gasteiger charge is -2.33. The molecule has 124 valence electrons. The topological polar surface area (TPSA) is 42.0 Å². The number of carbonyl (C=O) groups is 1. The maximum atomic E-state index is 12.3. The zero-order valence-electron chi connectivity index (χ0n) is 13.3. The summed E-state index contributed by atoms with van der Waals surface area (Å²) in [5.74, 6) is 1.25. The van der Waals surface area contributed by atoms with E-state index in [9.17, 15) is 4.79 Å². The highest BCUT2D eigenvalue weighted by atomic mass is 35.5. The Labute approximate surface area is 141 Å². The smallest absolute Gasteiger partial charge is 0.246 e. The van der Waals surface area contributed by atoms with Crippen molar-refractivity contribution in [2.45, 2.75) is 6.92 Å². The molecule has 3 rings (SSSR count). The zero-order valence-corrected chi connectivity index (χ0v) is 14.0. The minimum absolute atomic E-state index is 0.0340. The third-order valence-corrected chi connectivity index (χ3v) is 4.45. The highest BCUT2D eigenvalue weighted by Crippen LogP contribution is 2.38. The van der Waals surface area contributed by atoms with Crippen LogP contribution in [0.25, 0.3) is 6.08 Å². The summed E-state index contributed by atoms with van der Waals surface area (Å²) in [6, 6.07) is 3.63. The van der Waals surface area contributed by atoms with E-state index in [-0.39, 0.29) is 5.91 Å². The molecule has 0 bridgehead atoms. The van der Waals surface area contributed by atoms with E-state index in [2.05, 4.69) is 11.8 Å². The number of amides is 1. The van der Waals surface area contributed by atoms with Gasteiger partial charge in [-0.25, -0.2) is 0 Å². The number of ether oxygens (including phenoxy) is 2. The summed E-state index contributed by atoms with van der Waals surface area (Å²) in [5, 5.41) is 0.505. The molecule has 2 heterocycles. The molecule has 1 fully saturated rings. The quantitative estimate of drug-likeness (QED) is 0.794. The van der Waals surface area contributed by atoms with Gasteiger partial charge in [0, 0.05) is 32.3 Å². The largest absolute Gasteiger partial charge is 0.486 e. The molecule has 2 aliphatic rings. The van der Waals surface area contributed by atoms with Gasteiger partial charge in [0.15, 0.2) is 11.5 Å². The van der Waals surface area contributed by atoms with E-state index in [0.29, 0.717) is 29.7 Å². The summed E-state index contributed by atoms with van der Waals surface area (Å²) >= 11 is 6.20. The Kier molecular flexibility index (Phi) is 5.08. The zero-order chi connectivity index (χ0) is 16.2. The number of benzene rings is 1. The monoisotopic (exact) mass is 336 g/mol. The van der Waals surface area contributed by atoms with Crippen molar-refractivity contribution in [2.75, 3.05) is 45.9 Å². The Morgan fingerprint density at radius 2 is 1.96 bits per heavy atom. The van der Waals surface area contributed by atoms with Gasteiger partial charge >= 0.3 is 0 Å². The lowest BCUT2D eigenvalue weighted by atomic mass is 10.1. The van der Waals surface area contributed by atoms with Crippen LogP contribution in [0, 0.1) is 0 Å². The Hall–Kier alpha value is -1.72. The van der Waals surface area contributed by atoms with Gasteiger partial charge < -0.3 is 19.3 Å². The van der Waals surface area contributed by atoms with E-state index in [1.807, 2.05) is 11.0 Å². The van der Waals surface area contributed by atoms with Crippen LogP contribution in [0.5, 0.6) is 11.5 Å². The second kappa shape index (κ2) is 7.23. The van der Waals surface area contributed by atoms with Gasteiger partial charge in [-0.2, -0.15) is 0 Å². The summed E-state index contributed by atoms with van der Waals surface area (Å²) in [6.45, 7) is 7.62. The van der Waals surface area contributed by atoms with E-state index >= 15 is 0 Å². The molecule has 0 unspecified atom stereocenters. The number of hydrogen-bond donors (Lipinski definition) is 0. The molecule has 0 N–H and O–H groups in total. The number of fused-ring (bicyclic) bond motifs is 1. The highest BCUT2D eigenvalue weighted by Gasteiger charge is 2.19. The Morgan fingerprint density at radius 3 is 2.70 bits per heavy atom. The van der Waals surface area contributed by atoms with Crippen molar-refractivity contribution < 1.29 is 14.3 Å². The van der Waals surface area contributed by atoms with Crippen LogP contribution < -0.4 is 9.47 Å². The van der Waals surface area contributed by atoms with E-state index in [4.69, 9.17) is 21.1 Å². The summed E-state index contributed by atoms with van der Waals surface area (Å²) in [5.41, 5.74) is 0.833. The number of piperazine rings is 1. The molecule has 1 aromatic carbocycles. The van der Waals surface area contributed by atoms with Crippen molar-refractivity contribution in [3.8, 4) is 11.5 Å². The molecule has 0 atom stereocenters. The molecular weight excluding hydrogens is 316 g/mol. The molecule has 0 spiro atoms. The SMILES string of the molecule is CCN1CCN(C(=O)C=Cc2cc(Cl)c3c(c2)OCCO3)CC1. The fourth-order valence-corrected chi connectivity index (χ4v) is 3.06. The average Bonchev–Trinajstić information content (AvgIpc) is 2.60. The molecule has 1 aromatic rings. The number of nitrogens with zero attached hydrogens (tertiary/aromatic N) is 2. The van der Waals surface area contributed by atoms with Crippen molar-refractivity contribution >= 4 is 23.6 Å². The minimum atomic E-state index is 0.0340. The van der Waals surface area contributed by atoms with E-state index in [1.54, 1.807) is 18.2 Å². The number of likely N-dealkylation sites (N-methyl/N-ethyl adjacent to an activating group) is 1. The Balaban J connectivity index is 1.66. The summed E-state index contributed by atoms with van der Waals surface area (Å²) in [6.07, 6.45) is 3.38. The molecular formula is C17H21ClN2O3. The van der Waals surface area contributed by atoms with Gasteiger partial charge in [-0.1, -0.05) is 18.5 Å². The van der Waals surface area contributed by atoms with Crippen LogP contribution in [0.3, 0.4) is 0 Å². The molecule has 6 heteroatoms. The van der Waals surface area contributed by atoms with E-state index in [1.165, 1.54) is 0 Å². The van der Waals surface area contributed by atoms with Gasteiger partial charge in [0.2, 0.25) is 5.91 Å². The van der Waals surface area contributed by atoms with Gasteiger partial charge in [0.1, 0.15) is 13.2 Å². The average molecular weight is 337 g/mol. The maximum absolute atomic E-state index is 12.3. The number of rotatable bonds is 3. The van der Waals surface area contributed by atoms with Gasteiger partial charge in [-0.05, 0) is 30.3 Å². The number of carbonyl (C=O) groups excluding carboxylic acids is 1. The third kappa shape index (κ3) is 3.79. The molecule has 2 aliphatic heterocycles. The molecule has 0 saturated carbocycles. The summed E-state index contributed by atoms with van der Waals surface area (Å²) in [7, 11) is 0. The predicted molar refractivity (Wildman–Crippen MR) is 90.2 cm³/mol. The molecule has 23 heavy (non-hydrogen) atoms. The van der Waals surface area contributed by atoms with Gasteiger partial charge in [-0.15, -0.1) is 0 Å². The Bertz CT molecular complexity index is 610. The molecule has 5 nitrogen and oxygen atoms in total. The minimum Gasteiger partial charge on any atom is -0.486 e. The van der Waals surface area contributed by atoms with Crippen LogP contribution in [0.4, 0.5) is 0 Å². The second-order valence-electron chi connectivity index (χ2n) is 5.62. The van der Waals surface area contributed by atoms with E-state index in [0.717, 1.165) is 38.3 Å². The van der Waals surface area contributed by atoms with Crippen molar-refractivity contribution in [3.63, 3.8) is 0 Å². The third-order valence-electron chi connectivity index (χ3n) is 4.17. The highest BCUT2D eigenvalue weighted by molar-refractivity contribution is 6.32. The van der Waals surface area contributed by atoms with Crippen molar-refractivity contribution in [3.05, 3.63) is 28.8 Å². The van der Waals surface area contributed by atoms with Gasteiger partial charge in [0.05, 0.1) is 5.02 Å². The van der Waals surface area contributed by atoms with Gasteiger partial charge in [-0.3, -0.25) is 4.79 Å². The summed E-state index contributed by atoms with van der Waals surface area (Å²) in [4.78, 5) is 16.5. The van der Waals surface area contributed by atoms with Gasteiger partial charge in [0.25, 0.3) is 0 Å². The van der Waals surface area contributed by atoms with Crippen molar-refractivity contribution in [1.82, 2.24) is 9.80 Å². The molecule has 1 amide bonds. The Morgan fingerprint density at radius 1 is 1.22 bits per heavy atom. The first kappa shape index (κ1) is 16.1. The number of halogens is 1. The van der Waals surface area contributed by atoms with Crippen LogP contribution >= 0.6 is 11.6 Å². The normalized spacial score (nSPS) is 18.4. The lowest BCUT2D eigenvalue weighted by Crippen LogP contribution is -2.48. The first-order valence-corrected chi connectivity index (χ1v) is 8.33. The van der Waals surface area contributed by atoms with Crippen molar-refractivity contribution in [2.24, 2.45) is 0 Å². The van der Waals surface area contributed by atoms with Crippen LogP contribution in [-0.2, 0) is 4.79 Å². The molecule has 0 aromatic heterocycles. The van der Waals surface area contributed by atoms with Crippen molar-refractivity contribution in [1.29, 1.82) is 0 Å². The maximum Gasteiger partial charge on any atom is 0.246 e. The van der Waals surface area contributed by atoms with Crippen LogP contribution in [0.1, 0.15) is 12.5 Å². The second-order valence-corrected chi connectivity index (χ2v) is 6.03. The predicted octanol–water partition coefficient (Wildman–Crippen LogP) is 2.29. The summed E-state index contributed by atoms with van der Waals surface area (Å²) < 4.78 is 11.0. The van der Waals surface area contributed by atoms with Crippen LogP contribution in [0.2, 0.25) is 5.02 Å². The standard InChI is InChI=1S/C17H21ClN2O3/c1-2-19-5-7-20(8-6-19)16(21)4-3-13-11-14(18)17-15(12-13)22-9-10-23-17/h3-4,11-12H,2,5-10H2,1H3.